The Kier molecular flexibility index (Phi) is 2.67. The van der Waals surface area contributed by atoms with Crippen molar-refractivity contribution >= 4 is 22.4 Å². The molecule has 1 aromatic heterocycles. The molecule has 0 atom stereocenters. The van der Waals surface area contributed by atoms with E-state index in [-0.39, 0.29) is 5.78 Å². The van der Waals surface area contributed by atoms with Crippen molar-refractivity contribution in [1.82, 2.24) is 0 Å². The number of ketones is 1. The van der Waals surface area contributed by atoms with Gasteiger partial charge in [-0.05, 0) is 44.2 Å². The highest BCUT2D eigenvalue weighted by Gasteiger charge is 2.27. The molecular formula is C17H17NO3. The van der Waals surface area contributed by atoms with Crippen molar-refractivity contribution in [3.05, 3.63) is 39.2 Å². The van der Waals surface area contributed by atoms with Crippen LogP contribution in [0.2, 0.25) is 0 Å². The van der Waals surface area contributed by atoms with Gasteiger partial charge in [-0.1, -0.05) is 0 Å². The van der Waals surface area contributed by atoms with Gasteiger partial charge in [-0.2, -0.15) is 0 Å². The van der Waals surface area contributed by atoms with Crippen LogP contribution in [-0.4, -0.2) is 18.9 Å². The summed E-state index contributed by atoms with van der Waals surface area (Å²) in [4.78, 5) is 26.1. The van der Waals surface area contributed by atoms with Crippen LogP contribution in [-0.2, 0) is 12.8 Å². The Hall–Kier alpha value is -2.10. The lowest BCUT2D eigenvalue weighted by Gasteiger charge is -2.37. The first-order valence-electron chi connectivity index (χ1n) is 7.53. The maximum atomic E-state index is 11.9. The maximum absolute atomic E-state index is 11.9. The summed E-state index contributed by atoms with van der Waals surface area (Å²) in [7, 11) is 0. The predicted molar refractivity (Wildman–Crippen MR) is 81.3 cm³/mol. The number of rotatable bonds is 1. The molecule has 0 bridgehead atoms. The van der Waals surface area contributed by atoms with Crippen LogP contribution in [0.5, 0.6) is 0 Å². The fourth-order valence-corrected chi connectivity index (χ4v) is 3.76. The van der Waals surface area contributed by atoms with Crippen LogP contribution in [0.15, 0.2) is 21.3 Å². The number of hydrogen-bond acceptors (Lipinski definition) is 4. The van der Waals surface area contributed by atoms with E-state index in [1.54, 1.807) is 0 Å². The lowest BCUT2D eigenvalue weighted by Crippen LogP contribution is -2.34. The number of anilines is 1. The molecule has 0 aliphatic carbocycles. The van der Waals surface area contributed by atoms with Crippen LogP contribution < -0.4 is 10.5 Å². The van der Waals surface area contributed by atoms with Gasteiger partial charge in [-0.15, -0.1) is 0 Å². The first-order valence-corrected chi connectivity index (χ1v) is 7.53. The minimum atomic E-state index is -0.433. The second kappa shape index (κ2) is 4.45. The summed E-state index contributed by atoms with van der Waals surface area (Å²) < 4.78 is 5.49. The van der Waals surface area contributed by atoms with Crippen molar-refractivity contribution in [3.8, 4) is 0 Å². The molecule has 4 heteroatoms. The fraction of sp³-hybridized carbons (Fsp3) is 0.412. The van der Waals surface area contributed by atoms with Gasteiger partial charge in [-0.3, -0.25) is 4.79 Å². The lowest BCUT2D eigenvalue weighted by atomic mass is 9.89. The van der Waals surface area contributed by atoms with Crippen molar-refractivity contribution in [3.63, 3.8) is 0 Å². The number of nitrogens with zero attached hydrogens (tertiary/aromatic N) is 1. The van der Waals surface area contributed by atoms with E-state index in [2.05, 4.69) is 11.0 Å². The molecule has 21 heavy (non-hydrogen) atoms. The van der Waals surface area contributed by atoms with E-state index in [0.717, 1.165) is 49.7 Å². The van der Waals surface area contributed by atoms with Crippen molar-refractivity contribution in [2.45, 2.75) is 32.6 Å². The molecule has 4 rings (SSSR count). The van der Waals surface area contributed by atoms with Gasteiger partial charge in [0.15, 0.2) is 5.78 Å². The van der Waals surface area contributed by atoms with Crippen LogP contribution >= 0.6 is 0 Å². The molecule has 2 aromatic rings. The molecule has 1 aromatic carbocycles. The highest BCUT2D eigenvalue weighted by atomic mass is 16.4. The first-order chi connectivity index (χ1) is 10.1. The second-order valence-corrected chi connectivity index (χ2v) is 5.97. The molecule has 0 saturated heterocycles. The molecule has 0 unspecified atom stereocenters. The van der Waals surface area contributed by atoms with E-state index >= 15 is 0 Å². The standard InChI is InChI=1S/C17H17NO3/c1-10(19)13-9-15(20)21-17-12-5-3-7-18-6-2-4-11(16(12)18)8-14(13)17/h8-9H,2-7H2,1H3. The minimum absolute atomic E-state index is 0.0801. The van der Waals surface area contributed by atoms with Crippen molar-refractivity contribution in [1.29, 1.82) is 0 Å². The quantitative estimate of drug-likeness (QED) is 0.596. The molecule has 0 radical (unpaired) electrons. The number of carbonyl (C=O) groups excluding carboxylic acids is 1. The van der Waals surface area contributed by atoms with Crippen molar-refractivity contribution in [2.24, 2.45) is 0 Å². The Balaban J connectivity index is 2.14. The van der Waals surface area contributed by atoms with E-state index in [0.29, 0.717) is 11.1 Å². The minimum Gasteiger partial charge on any atom is -0.422 e. The Bertz CT molecular complexity index is 817. The summed E-state index contributed by atoms with van der Waals surface area (Å²) in [5, 5.41) is 0.805. The number of Topliss-reactive ketones (excluding diaryl/α,β-unsaturated/α-hetero) is 1. The van der Waals surface area contributed by atoms with Crippen molar-refractivity contribution in [2.75, 3.05) is 18.0 Å². The van der Waals surface area contributed by atoms with Gasteiger partial charge in [0, 0.05) is 41.4 Å². The molecule has 0 N–H and O–H groups in total. The van der Waals surface area contributed by atoms with E-state index in [9.17, 15) is 9.59 Å². The third kappa shape index (κ3) is 1.82. The molecule has 0 saturated carbocycles. The summed E-state index contributed by atoms with van der Waals surface area (Å²) in [5.74, 6) is -0.0801. The van der Waals surface area contributed by atoms with Gasteiger partial charge in [-0.25, -0.2) is 4.79 Å². The van der Waals surface area contributed by atoms with Gasteiger partial charge in [0.1, 0.15) is 5.58 Å². The summed E-state index contributed by atoms with van der Waals surface area (Å²) in [6, 6.07) is 3.39. The molecule has 0 amide bonds. The van der Waals surface area contributed by atoms with E-state index < -0.39 is 5.63 Å². The zero-order valence-electron chi connectivity index (χ0n) is 12.1. The molecule has 0 spiro atoms. The molecule has 4 nitrogen and oxygen atoms in total. The Morgan fingerprint density at radius 1 is 1.19 bits per heavy atom. The average molecular weight is 283 g/mol. The lowest BCUT2D eigenvalue weighted by molar-refractivity contribution is 0.101. The summed E-state index contributed by atoms with van der Waals surface area (Å²) in [6.07, 6.45) is 4.16. The number of benzene rings is 1. The Labute approximate surface area is 122 Å². The molecule has 2 aliphatic heterocycles. The van der Waals surface area contributed by atoms with Crippen LogP contribution in [0.3, 0.4) is 0 Å². The number of carbonyl (C=O) groups is 1. The third-order valence-corrected chi connectivity index (χ3v) is 4.61. The molecular weight excluding hydrogens is 266 g/mol. The number of hydrogen-bond donors (Lipinski definition) is 0. The molecule has 3 heterocycles. The molecule has 2 aliphatic rings. The summed E-state index contributed by atoms with van der Waals surface area (Å²) >= 11 is 0. The van der Waals surface area contributed by atoms with Crippen LogP contribution in [0, 0.1) is 0 Å². The zero-order chi connectivity index (χ0) is 14.6. The van der Waals surface area contributed by atoms with Gasteiger partial charge in [0.25, 0.3) is 0 Å². The van der Waals surface area contributed by atoms with Crippen LogP contribution in [0.4, 0.5) is 5.69 Å². The fourth-order valence-electron chi connectivity index (χ4n) is 3.76. The second-order valence-electron chi connectivity index (χ2n) is 5.97. The largest absolute Gasteiger partial charge is 0.422 e. The van der Waals surface area contributed by atoms with Gasteiger partial charge >= 0.3 is 5.63 Å². The SMILES string of the molecule is CC(=O)c1cc(=O)oc2c3c4c(cc12)CCCN4CCC3. The smallest absolute Gasteiger partial charge is 0.336 e. The van der Waals surface area contributed by atoms with E-state index in [1.807, 2.05) is 0 Å². The first kappa shape index (κ1) is 12.6. The maximum Gasteiger partial charge on any atom is 0.336 e. The van der Waals surface area contributed by atoms with Gasteiger partial charge in [0.2, 0.25) is 0 Å². The number of aryl methyl sites for hydroxylation is 2. The molecule has 108 valence electrons. The van der Waals surface area contributed by atoms with E-state index in [1.165, 1.54) is 24.2 Å². The summed E-state index contributed by atoms with van der Waals surface area (Å²) in [5.41, 5.74) is 4.34. The monoisotopic (exact) mass is 283 g/mol. The van der Waals surface area contributed by atoms with Crippen LogP contribution in [0.1, 0.15) is 41.3 Å². The Morgan fingerprint density at radius 2 is 1.95 bits per heavy atom. The average Bonchev–Trinajstić information content (AvgIpc) is 2.48. The Morgan fingerprint density at radius 3 is 2.71 bits per heavy atom. The van der Waals surface area contributed by atoms with Crippen LogP contribution in [0.25, 0.3) is 11.0 Å². The third-order valence-electron chi connectivity index (χ3n) is 4.61. The highest BCUT2D eigenvalue weighted by molar-refractivity contribution is 6.07. The van der Waals surface area contributed by atoms with Gasteiger partial charge in [0.05, 0.1) is 0 Å². The highest BCUT2D eigenvalue weighted by Crippen LogP contribution is 2.40. The summed E-state index contributed by atoms with van der Waals surface area (Å²) in [6.45, 7) is 3.65. The van der Waals surface area contributed by atoms with Crippen molar-refractivity contribution < 1.29 is 9.21 Å². The molecule has 0 fully saturated rings. The van der Waals surface area contributed by atoms with Gasteiger partial charge < -0.3 is 9.32 Å². The topological polar surface area (TPSA) is 50.5 Å². The zero-order valence-corrected chi connectivity index (χ0v) is 12.1. The normalized spacial score (nSPS) is 16.9. The number of fused-ring (bicyclic) bond motifs is 2. The van der Waals surface area contributed by atoms with E-state index in [4.69, 9.17) is 4.42 Å². The predicted octanol–water partition coefficient (Wildman–Crippen LogP) is 2.69.